The van der Waals surface area contributed by atoms with Crippen molar-refractivity contribution in [2.75, 3.05) is 14.2 Å². The van der Waals surface area contributed by atoms with Gasteiger partial charge in [-0.2, -0.15) is 0 Å². The van der Waals surface area contributed by atoms with E-state index >= 15 is 0 Å². The predicted octanol–water partition coefficient (Wildman–Crippen LogP) is 3.30. The second kappa shape index (κ2) is 8.16. The van der Waals surface area contributed by atoms with Crippen LogP contribution < -0.4 is 20.7 Å². The van der Waals surface area contributed by atoms with Crippen LogP contribution in [0.1, 0.15) is 10.6 Å². The molecule has 2 aromatic carbocycles. The van der Waals surface area contributed by atoms with Crippen LogP contribution in [0.4, 0.5) is 0 Å². The molecule has 31 heavy (non-hydrogen) atoms. The molecule has 0 atom stereocenters. The number of halogens is 1. The van der Waals surface area contributed by atoms with Crippen LogP contribution in [-0.2, 0) is 6.54 Å². The van der Waals surface area contributed by atoms with Crippen molar-refractivity contribution >= 4 is 28.3 Å². The molecule has 0 amide bonds. The summed E-state index contributed by atoms with van der Waals surface area (Å²) in [4.78, 5) is 39.4. The molecule has 0 aliphatic rings. The van der Waals surface area contributed by atoms with Crippen LogP contribution in [-0.4, -0.2) is 29.1 Å². The normalized spacial score (nSPS) is 10.9. The third-order valence-electron chi connectivity index (χ3n) is 4.81. The smallest absolute Gasteiger partial charge is 0.336 e. The van der Waals surface area contributed by atoms with Gasteiger partial charge >= 0.3 is 5.69 Å². The molecular weight excluding hydrogens is 424 g/mol. The minimum Gasteiger partial charge on any atom is -0.493 e. The molecule has 0 aliphatic heterocycles. The van der Waals surface area contributed by atoms with Crippen molar-refractivity contribution in [3.8, 4) is 17.2 Å². The van der Waals surface area contributed by atoms with E-state index in [1.807, 2.05) is 0 Å². The molecule has 158 valence electrons. The Bertz CT molecular complexity index is 1400. The summed E-state index contributed by atoms with van der Waals surface area (Å²) >= 11 is 6.07. The van der Waals surface area contributed by atoms with Crippen molar-refractivity contribution in [1.82, 2.24) is 9.13 Å². The second-order valence-corrected chi connectivity index (χ2v) is 7.05. The van der Waals surface area contributed by atoms with Gasteiger partial charge in [0, 0.05) is 11.1 Å². The van der Waals surface area contributed by atoms with Crippen LogP contribution in [0.15, 0.2) is 68.8 Å². The summed E-state index contributed by atoms with van der Waals surface area (Å²) in [5.74, 6) is 0.293. The van der Waals surface area contributed by atoms with Gasteiger partial charge < -0.3 is 13.9 Å². The average molecular weight is 441 g/mol. The lowest BCUT2D eigenvalue weighted by Crippen LogP contribution is -2.40. The lowest BCUT2D eigenvalue weighted by molar-refractivity contribution is 0.0944. The summed E-state index contributed by atoms with van der Waals surface area (Å²) in [6, 6.07) is 12.4. The Hall–Kier alpha value is -3.78. The molecule has 4 rings (SSSR count). The highest BCUT2D eigenvalue weighted by molar-refractivity contribution is 6.30. The van der Waals surface area contributed by atoms with E-state index in [4.69, 9.17) is 25.5 Å². The molecule has 9 heteroatoms. The number of aromatic nitrogens is 2. The van der Waals surface area contributed by atoms with Gasteiger partial charge in [0.05, 0.1) is 43.6 Å². The first-order valence-electron chi connectivity index (χ1n) is 9.19. The summed E-state index contributed by atoms with van der Waals surface area (Å²) in [6.45, 7) is -0.348. The number of methoxy groups -OCH3 is 2. The summed E-state index contributed by atoms with van der Waals surface area (Å²) < 4.78 is 18.0. The summed E-state index contributed by atoms with van der Waals surface area (Å²) in [5, 5.41) is 0.527. The molecular formula is C22H17ClN2O6. The molecule has 8 nitrogen and oxygen atoms in total. The van der Waals surface area contributed by atoms with Gasteiger partial charge in [0.15, 0.2) is 17.3 Å². The Morgan fingerprint density at radius 2 is 1.77 bits per heavy atom. The molecule has 0 radical (unpaired) electrons. The fraction of sp³-hybridized carbons (Fsp3) is 0.136. The van der Waals surface area contributed by atoms with Crippen LogP contribution in [0.25, 0.3) is 16.6 Å². The van der Waals surface area contributed by atoms with Gasteiger partial charge in [0.1, 0.15) is 0 Å². The Morgan fingerprint density at radius 1 is 1.03 bits per heavy atom. The Morgan fingerprint density at radius 3 is 2.42 bits per heavy atom. The number of carbonyl (C=O) groups excluding carboxylic acids is 1. The summed E-state index contributed by atoms with van der Waals surface area (Å²) in [5.41, 5.74) is -0.777. The standard InChI is InChI=1S/C22H17ClN2O6/c1-29-19-10-15-16(11-20(19)30-2)24(12-17(26)18-7-4-8-31-18)22(28)25(21(15)27)14-6-3-5-13(23)9-14/h3-11H,12H2,1-2H3. The van der Waals surface area contributed by atoms with E-state index in [0.29, 0.717) is 16.5 Å². The SMILES string of the molecule is COc1cc2c(=O)n(-c3cccc(Cl)c3)c(=O)n(CC(=O)c3ccco3)c2cc1OC. The van der Waals surface area contributed by atoms with Gasteiger partial charge in [-0.25, -0.2) is 9.36 Å². The van der Waals surface area contributed by atoms with E-state index in [2.05, 4.69) is 0 Å². The van der Waals surface area contributed by atoms with E-state index in [1.165, 1.54) is 49.3 Å². The topological polar surface area (TPSA) is 92.7 Å². The van der Waals surface area contributed by atoms with E-state index in [-0.39, 0.29) is 28.9 Å². The van der Waals surface area contributed by atoms with Gasteiger partial charge in [0.25, 0.3) is 5.56 Å². The number of carbonyl (C=O) groups is 1. The van der Waals surface area contributed by atoms with Crippen LogP contribution in [0.3, 0.4) is 0 Å². The highest BCUT2D eigenvalue weighted by Gasteiger charge is 2.21. The molecule has 2 aromatic heterocycles. The zero-order chi connectivity index (χ0) is 22.1. The van der Waals surface area contributed by atoms with Gasteiger partial charge in [0.2, 0.25) is 5.78 Å². The first kappa shape index (κ1) is 20.5. The van der Waals surface area contributed by atoms with Gasteiger partial charge in [-0.1, -0.05) is 17.7 Å². The van der Waals surface area contributed by atoms with E-state index < -0.39 is 17.0 Å². The maximum atomic E-state index is 13.4. The zero-order valence-electron chi connectivity index (χ0n) is 16.6. The van der Waals surface area contributed by atoms with Crippen LogP contribution in [0, 0.1) is 0 Å². The summed E-state index contributed by atoms with van der Waals surface area (Å²) in [7, 11) is 2.88. The Labute approximate surface area is 180 Å². The Balaban J connectivity index is 2.06. The second-order valence-electron chi connectivity index (χ2n) is 6.61. The van der Waals surface area contributed by atoms with E-state index in [1.54, 1.807) is 24.3 Å². The average Bonchev–Trinajstić information content (AvgIpc) is 3.31. The number of hydrogen-bond donors (Lipinski definition) is 0. The van der Waals surface area contributed by atoms with Gasteiger partial charge in [-0.15, -0.1) is 0 Å². The molecule has 2 heterocycles. The number of ether oxygens (including phenoxy) is 2. The minimum atomic E-state index is -0.702. The lowest BCUT2D eigenvalue weighted by Gasteiger charge is -2.16. The van der Waals surface area contributed by atoms with Gasteiger partial charge in [-0.3, -0.25) is 14.2 Å². The molecule has 0 bridgehead atoms. The molecule has 0 fully saturated rings. The minimum absolute atomic E-state index is 0.0982. The van der Waals surface area contributed by atoms with Crippen molar-refractivity contribution in [1.29, 1.82) is 0 Å². The largest absolute Gasteiger partial charge is 0.493 e. The monoisotopic (exact) mass is 440 g/mol. The van der Waals surface area contributed by atoms with Crippen molar-refractivity contribution in [3.05, 3.63) is 86.4 Å². The highest BCUT2D eigenvalue weighted by atomic mass is 35.5. The van der Waals surface area contributed by atoms with Crippen molar-refractivity contribution in [2.45, 2.75) is 6.54 Å². The molecule has 0 spiro atoms. The fourth-order valence-electron chi connectivity index (χ4n) is 3.35. The molecule has 0 saturated heterocycles. The molecule has 0 unspecified atom stereocenters. The first-order chi connectivity index (χ1) is 14.9. The number of nitrogens with zero attached hydrogens (tertiary/aromatic N) is 2. The van der Waals surface area contributed by atoms with Crippen LogP contribution >= 0.6 is 11.6 Å². The zero-order valence-corrected chi connectivity index (χ0v) is 17.4. The highest BCUT2D eigenvalue weighted by Crippen LogP contribution is 2.30. The summed E-state index contributed by atoms with van der Waals surface area (Å²) in [6.07, 6.45) is 1.37. The fourth-order valence-corrected chi connectivity index (χ4v) is 3.53. The number of rotatable bonds is 6. The predicted molar refractivity (Wildman–Crippen MR) is 115 cm³/mol. The van der Waals surface area contributed by atoms with Gasteiger partial charge in [-0.05, 0) is 36.4 Å². The number of ketones is 1. The number of hydrogen-bond acceptors (Lipinski definition) is 6. The quantitative estimate of drug-likeness (QED) is 0.427. The van der Waals surface area contributed by atoms with E-state index in [0.717, 1.165) is 4.57 Å². The number of Topliss-reactive ketones (excluding diaryl/α,β-unsaturated/α-hetero) is 1. The number of furan rings is 1. The maximum absolute atomic E-state index is 13.4. The van der Waals surface area contributed by atoms with Crippen LogP contribution in [0.5, 0.6) is 11.5 Å². The first-order valence-corrected chi connectivity index (χ1v) is 9.56. The van der Waals surface area contributed by atoms with E-state index in [9.17, 15) is 14.4 Å². The third kappa shape index (κ3) is 3.62. The van der Waals surface area contributed by atoms with Crippen molar-refractivity contribution < 1.29 is 18.7 Å². The maximum Gasteiger partial charge on any atom is 0.336 e. The molecule has 0 saturated carbocycles. The van der Waals surface area contributed by atoms with Crippen molar-refractivity contribution in [3.63, 3.8) is 0 Å². The molecule has 0 N–H and O–H groups in total. The van der Waals surface area contributed by atoms with Crippen LogP contribution in [0.2, 0.25) is 5.02 Å². The lowest BCUT2D eigenvalue weighted by atomic mass is 10.2. The third-order valence-corrected chi connectivity index (χ3v) is 5.05. The van der Waals surface area contributed by atoms with Crippen molar-refractivity contribution in [2.24, 2.45) is 0 Å². The number of benzene rings is 2. The molecule has 0 aliphatic carbocycles. The number of fused-ring (bicyclic) bond motifs is 1. The molecule has 4 aromatic rings. The Kier molecular flexibility index (Phi) is 5.39.